The van der Waals surface area contributed by atoms with Crippen molar-refractivity contribution in [1.29, 1.82) is 0 Å². The number of phosphoric acid groups is 1. The van der Waals surface area contributed by atoms with E-state index in [-0.39, 0.29) is 0 Å². The van der Waals surface area contributed by atoms with Crippen LogP contribution in [-0.2, 0) is 32.3 Å². The number of hydrogen-bond donors (Lipinski definition) is 0. The predicted molar refractivity (Wildman–Crippen MR) is 310 cm³/mol. The van der Waals surface area contributed by atoms with Gasteiger partial charge in [-0.25, -0.2) is 4.57 Å². The zero-order chi connectivity index (χ0) is 51.2. The van der Waals surface area contributed by atoms with E-state index < -0.39 is 7.82 Å². The highest BCUT2D eigenvalue weighted by Gasteiger charge is 2.26. The molecular formula is C63H129O7P. The van der Waals surface area contributed by atoms with Crippen molar-refractivity contribution in [2.24, 2.45) is 0 Å². The first-order valence-electron chi connectivity index (χ1n) is 32.4. The standard InChI is InChI=1S/C63H129O7P/c1-4-7-10-13-16-19-22-25-28-31-34-37-40-43-46-55-65-58-49-52-61-68-71(64,69-62-53-50-59-66-56-47-44-41-38-35-32-29-26-23-20-17-14-11-8-5-2)70-63-54-51-60-67-57-48-45-42-39-36-33-30-27-24-21-18-15-12-9-6-3/h4-63H2,1-3H3. The van der Waals surface area contributed by atoms with E-state index in [4.69, 9.17) is 27.8 Å². The first-order valence-corrected chi connectivity index (χ1v) is 33.9. The molecule has 0 aromatic heterocycles. The molecule has 0 unspecified atom stereocenters. The van der Waals surface area contributed by atoms with Crippen molar-refractivity contribution < 1.29 is 32.3 Å². The van der Waals surface area contributed by atoms with Gasteiger partial charge in [0, 0.05) is 39.6 Å². The van der Waals surface area contributed by atoms with Crippen molar-refractivity contribution >= 4 is 7.82 Å². The Morgan fingerprint density at radius 2 is 0.310 bits per heavy atom. The van der Waals surface area contributed by atoms with Gasteiger partial charge < -0.3 is 14.2 Å². The minimum atomic E-state index is -3.63. The lowest BCUT2D eigenvalue weighted by molar-refractivity contribution is 0.0884. The minimum absolute atomic E-state index is 0.352. The molecule has 0 N–H and O–H groups in total. The number of phosphoric ester groups is 1. The summed E-state index contributed by atoms with van der Waals surface area (Å²) in [5, 5.41) is 0. The predicted octanol–water partition coefficient (Wildman–Crippen LogP) is 22.1. The van der Waals surface area contributed by atoms with Crippen LogP contribution >= 0.6 is 7.82 Å². The van der Waals surface area contributed by atoms with E-state index in [1.54, 1.807) is 0 Å². The van der Waals surface area contributed by atoms with Crippen molar-refractivity contribution in [3.8, 4) is 0 Å². The van der Waals surface area contributed by atoms with Gasteiger partial charge in [0.2, 0.25) is 0 Å². The molecule has 0 bridgehead atoms. The summed E-state index contributed by atoms with van der Waals surface area (Å²) >= 11 is 0. The summed E-state index contributed by atoms with van der Waals surface area (Å²) < 4.78 is 49.0. The number of rotatable bonds is 66. The van der Waals surface area contributed by atoms with E-state index in [9.17, 15) is 4.57 Å². The lowest BCUT2D eigenvalue weighted by Crippen LogP contribution is -2.06. The van der Waals surface area contributed by atoms with Crippen LogP contribution in [0.3, 0.4) is 0 Å². The van der Waals surface area contributed by atoms with Gasteiger partial charge in [-0.15, -0.1) is 0 Å². The van der Waals surface area contributed by atoms with Crippen LogP contribution in [0, 0.1) is 0 Å². The fourth-order valence-corrected chi connectivity index (χ4v) is 10.9. The van der Waals surface area contributed by atoms with E-state index >= 15 is 0 Å². The normalized spacial score (nSPS) is 12.0. The molecule has 0 heterocycles. The summed E-state index contributed by atoms with van der Waals surface area (Å²) in [5.41, 5.74) is 0. The van der Waals surface area contributed by atoms with Crippen LogP contribution in [0.4, 0.5) is 0 Å². The monoisotopic (exact) mass is 1030 g/mol. The third-order valence-corrected chi connectivity index (χ3v) is 16.0. The van der Waals surface area contributed by atoms with Crippen LogP contribution in [0.1, 0.15) is 348 Å². The largest absolute Gasteiger partial charge is 0.474 e. The molecule has 428 valence electrons. The van der Waals surface area contributed by atoms with E-state index in [1.807, 2.05) is 0 Å². The second kappa shape index (κ2) is 64.3. The maximum atomic E-state index is 13.7. The van der Waals surface area contributed by atoms with Gasteiger partial charge in [-0.3, -0.25) is 13.6 Å². The van der Waals surface area contributed by atoms with Gasteiger partial charge in [0.05, 0.1) is 19.8 Å². The topological polar surface area (TPSA) is 72.5 Å². The van der Waals surface area contributed by atoms with Crippen LogP contribution in [0.15, 0.2) is 0 Å². The molecule has 0 spiro atoms. The van der Waals surface area contributed by atoms with Gasteiger partial charge in [0.25, 0.3) is 0 Å². The third kappa shape index (κ3) is 62.4. The Labute approximate surface area is 446 Å². The van der Waals surface area contributed by atoms with E-state index in [0.717, 1.165) is 77.6 Å². The molecule has 0 aromatic rings. The first kappa shape index (κ1) is 71.0. The number of hydrogen-bond acceptors (Lipinski definition) is 7. The van der Waals surface area contributed by atoms with E-state index in [2.05, 4.69) is 20.8 Å². The van der Waals surface area contributed by atoms with Crippen LogP contribution in [0.25, 0.3) is 0 Å². The Bertz CT molecular complexity index is 865. The molecule has 0 fully saturated rings. The molecule has 0 aliphatic rings. The second-order valence-electron chi connectivity index (χ2n) is 21.8. The zero-order valence-corrected chi connectivity index (χ0v) is 49.6. The second-order valence-corrected chi connectivity index (χ2v) is 23.4. The van der Waals surface area contributed by atoms with Crippen molar-refractivity contribution in [3.63, 3.8) is 0 Å². The highest BCUT2D eigenvalue weighted by atomic mass is 31.2. The molecule has 0 aliphatic heterocycles. The first-order chi connectivity index (χ1) is 35.2. The van der Waals surface area contributed by atoms with Crippen LogP contribution in [-0.4, -0.2) is 59.5 Å². The molecule has 0 saturated carbocycles. The van der Waals surface area contributed by atoms with Gasteiger partial charge in [0.15, 0.2) is 0 Å². The summed E-state index contributed by atoms with van der Waals surface area (Å²) in [6, 6.07) is 0. The molecule has 0 rings (SSSR count). The Morgan fingerprint density at radius 1 is 0.183 bits per heavy atom. The van der Waals surface area contributed by atoms with Crippen molar-refractivity contribution in [3.05, 3.63) is 0 Å². The molecule has 0 aliphatic carbocycles. The molecule has 0 saturated heterocycles. The molecule has 0 aromatic carbocycles. The van der Waals surface area contributed by atoms with Gasteiger partial charge in [-0.1, -0.05) is 290 Å². The Morgan fingerprint density at radius 3 is 0.479 bits per heavy atom. The third-order valence-electron chi connectivity index (χ3n) is 14.5. The Kier molecular flexibility index (Phi) is 64.3. The number of unbranched alkanes of at least 4 members (excludes halogenated alkanes) is 45. The summed E-state index contributed by atoms with van der Waals surface area (Å²) in [6.45, 7) is 12.6. The minimum Gasteiger partial charge on any atom is -0.381 e. The molecule has 71 heavy (non-hydrogen) atoms. The highest BCUT2D eigenvalue weighted by molar-refractivity contribution is 7.48. The molecular weight excluding hydrogens is 900 g/mol. The van der Waals surface area contributed by atoms with E-state index in [0.29, 0.717) is 39.6 Å². The van der Waals surface area contributed by atoms with E-state index in [1.165, 1.54) is 270 Å². The van der Waals surface area contributed by atoms with Gasteiger partial charge in [-0.05, 0) is 57.8 Å². The van der Waals surface area contributed by atoms with Crippen LogP contribution in [0.5, 0.6) is 0 Å². The van der Waals surface area contributed by atoms with Gasteiger partial charge >= 0.3 is 7.82 Å². The Hall–Kier alpha value is -0.0100. The summed E-state index contributed by atoms with van der Waals surface area (Å²) in [7, 11) is -3.63. The SMILES string of the molecule is CCCCCCCCCCCCCCCCCOCCCCOP(=O)(OCCCCOCCCCCCCCCCCCCCCCC)OCCCCOCCCCCCCCCCCCCCCCC. The highest BCUT2D eigenvalue weighted by Crippen LogP contribution is 2.50. The molecule has 0 radical (unpaired) electrons. The Balaban J connectivity index is 4.09. The fraction of sp³-hybridized carbons (Fsp3) is 1.00. The van der Waals surface area contributed by atoms with Crippen molar-refractivity contribution in [1.82, 2.24) is 0 Å². The van der Waals surface area contributed by atoms with Crippen molar-refractivity contribution in [2.45, 2.75) is 348 Å². The summed E-state index contributed by atoms with van der Waals surface area (Å²) in [6.07, 6.45) is 66.9. The summed E-state index contributed by atoms with van der Waals surface area (Å²) in [4.78, 5) is 0. The average molecular weight is 1030 g/mol. The van der Waals surface area contributed by atoms with Crippen LogP contribution in [0.2, 0.25) is 0 Å². The zero-order valence-electron chi connectivity index (χ0n) is 48.7. The quantitative estimate of drug-likeness (QED) is 0.0444. The van der Waals surface area contributed by atoms with Crippen LogP contribution < -0.4 is 0 Å². The summed E-state index contributed by atoms with van der Waals surface area (Å²) in [5.74, 6) is 0. The average Bonchev–Trinajstić information content (AvgIpc) is 3.37. The van der Waals surface area contributed by atoms with Gasteiger partial charge in [0.1, 0.15) is 0 Å². The number of ether oxygens (including phenoxy) is 3. The van der Waals surface area contributed by atoms with Gasteiger partial charge in [-0.2, -0.15) is 0 Å². The lowest BCUT2D eigenvalue weighted by atomic mass is 10.0. The maximum Gasteiger partial charge on any atom is 0.474 e. The smallest absolute Gasteiger partial charge is 0.381 e. The molecule has 0 atom stereocenters. The molecule has 0 amide bonds. The lowest BCUT2D eigenvalue weighted by Gasteiger charge is -2.18. The molecule has 7 nitrogen and oxygen atoms in total. The van der Waals surface area contributed by atoms with Crippen molar-refractivity contribution in [2.75, 3.05) is 59.5 Å². The maximum absolute atomic E-state index is 13.7. The molecule has 8 heteroatoms. The fourth-order valence-electron chi connectivity index (χ4n) is 9.59.